The summed E-state index contributed by atoms with van der Waals surface area (Å²) in [5.41, 5.74) is 3.94. The van der Waals surface area contributed by atoms with Crippen LogP contribution in [-0.2, 0) is 19.4 Å². The number of aryl methyl sites for hydroxylation is 1. The third-order valence-electron chi connectivity index (χ3n) is 7.29. The van der Waals surface area contributed by atoms with Gasteiger partial charge in [0, 0.05) is 28.8 Å². The van der Waals surface area contributed by atoms with Gasteiger partial charge in [0.15, 0.2) is 0 Å². The van der Waals surface area contributed by atoms with E-state index in [-0.39, 0.29) is 0 Å². The number of benzene rings is 2. The van der Waals surface area contributed by atoms with Crippen LogP contribution in [0.1, 0.15) is 46.1 Å². The van der Waals surface area contributed by atoms with Gasteiger partial charge < -0.3 is 24.3 Å². The molecule has 0 saturated heterocycles. The van der Waals surface area contributed by atoms with Crippen molar-refractivity contribution in [3.05, 3.63) is 93.6 Å². The Morgan fingerprint density at radius 3 is 2.55 bits per heavy atom. The Balaban J connectivity index is 1.51. The van der Waals surface area contributed by atoms with Crippen LogP contribution >= 0.6 is 11.3 Å². The Morgan fingerprint density at radius 2 is 1.79 bits per heavy atom. The third-order valence-corrected chi connectivity index (χ3v) is 8.62. The van der Waals surface area contributed by atoms with Gasteiger partial charge in [-0.2, -0.15) is 0 Å². The van der Waals surface area contributed by atoms with E-state index in [4.69, 9.17) is 9.47 Å². The minimum absolute atomic E-state index is 0.295. The molecular formula is C29H27F2N3O3S. The Labute approximate surface area is 223 Å². The number of ether oxygens (including phenoxy) is 2. The molecule has 1 N–H and O–H groups in total. The quantitative estimate of drug-likeness (QED) is 0.311. The Kier molecular flexibility index (Phi) is 6.31. The largest absolute Gasteiger partial charge is 0.497 e. The van der Waals surface area contributed by atoms with Crippen molar-refractivity contribution in [3.8, 4) is 16.5 Å². The van der Waals surface area contributed by atoms with E-state index in [1.165, 1.54) is 29.7 Å². The number of carbonyl (C=O) groups excluding carboxylic acids is 1. The van der Waals surface area contributed by atoms with Crippen molar-refractivity contribution in [1.29, 1.82) is 0 Å². The Morgan fingerprint density at radius 1 is 1.00 bits per heavy atom. The minimum Gasteiger partial charge on any atom is -0.497 e. The molecule has 9 heteroatoms. The van der Waals surface area contributed by atoms with Gasteiger partial charge in [-0.3, -0.25) is 0 Å². The predicted molar refractivity (Wildman–Crippen MR) is 143 cm³/mol. The first-order valence-corrected chi connectivity index (χ1v) is 13.3. The van der Waals surface area contributed by atoms with Gasteiger partial charge in [0.2, 0.25) is 0 Å². The van der Waals surface area contributed by atoms with Gasteiger partial charge in [0.1, 0.15) is 34.2 Å². The minimum atomic E-state index is -0.731. The van der Waals surface area contributed by atoms with Crippen molar-refractivity contribution < 1.29 is 23.0 Å². The first-order valence-electron chi connectivity index (χ1n) is 12.5. The first kappa shape index (κ1) is 24.5. The molecule has 3 heterocycles. The highest BCUT2D eigenvalue weighted by Crippen LogP contribution is 2.44. The molecule has 2 aliphatic rings. The van der Waals surface area contributed by atoms with Crippen molar-refractivity contribution in [2.45, 2.75) is 38.3 Å². The van der Waals surface area contributed by atoms with Crippen molar-refractivity contribution >= 4 is 23.1 Å². The number of amides is 2. The SMILES string of the molecule is COc1ccc(OC)c(NC(=O)N2Cc3c(sc4c3CCCC4)-n3cccc3C2c2cc(F)cc(F)c2)c1. The Bertz CT molecular complexity index is 1510. The molecule has 0 fully saturated rings. The lowest BCUT2D eigenvalue weighted by molar-refractivity contribution is 0.194. The van der Waals surface area contributed by atoms with Crippen LogP contribution in [0.3, 0.4) is 0 Å². The molecule has 1 aliphatic carbocycles. The van der Waals surface area contributed by atoms with Gasteiger partial charge in [-0.05, 0) is 73.2 Å². The van der Waals surface area contributed by atoms with E-state index >= 15 is 0 Å². The van der Waals surface area contributed by atoms with Gasteiger partial charge in [-0.1, -0.05) is 0 Å². The van der Waals surface area contributed by atoms with Crippen molar-refractivity contribution in [3.63, 3.8) is 0 Å². The summed E-state index contributed by atoms with van der Waals surface area (Å²) in [4.78, 5) is 17.1. The van der Waals surface area contributed by atoms with Crippen LogP contribution < -0.4 is 14.8 Å². The van der Waals surface area contributed by atoms with Crippen LogP contribution in [0.5, 0.6) is 11.5 Å². The van der Waals surface area contributed by atoms with E-state index in [1.54, 1.807) is 41.5 Å². The van der Waals surface area contributed by atoms with E-state index in [0.717, 1.165) is 48.0 Å². The summed E-state index contributed by atoms with van der Waals surface area (Å²) in [7, 11) is 3.07. The average Bonchev–Trinajstić information content (AvgIpc) is 3.49. The predicted octanol–water partition coefficient (Wildman–Crippen LogP) is 6.85. The maximum Gasteiger partial charge on any atom is 0.323 e. The van der Waals surface area contributed by atoms with E-state index < -0.39 is 23.7 Å². The maximum absolute atomic E-state index is 14.5. The molecule has 0 saturated carbocycles. The number of hydrogen-bond acceptors (Lipinski definition) is 4. The second-order valence-corrected chi connectivity index (χ2v) is 10.6. The average molecular weight is 536 g/mol. The number of anilines is 1. The molecule has 1 aliphatic heterocycles. The number of urea groups is 1. The molecule has 6 rings (SSSR count). The van der Waals surface area contributed by atoms with Crippen LogP contribution in [0.4, 0.5) is 19.3 Å². The summed E-state index contributed by atoms with van der Waals surface area (Å²) < 4.78 is 41.8. The van der Waals surface area contributed by atoms with Gasteiger partial charge >= 0.3 is 6.03 Å². The molecule has 4 aromatic rings. The number of carbonyl (C=O) groups is 1. The van der Waals surface area contributed by atoms with Crippen LogP contribution in [0.25, 0.3) is 5.00 Å². The van der Waals surface area contributed by atoms with Crippen molar-refractivity contribution in [2.24, 2.45) is 0 Å². The lowest BCUT2D eigenvalue weighted by Gasteiger charge is -2.31. The highest BCUT2D eigenvalue weighted by molar-refractivity contribution is 7.15. The second-order valence-electron chi connectivity index (χ2n) is 9.53. The summed E-state index contributed by atoms with van der Waals surface area (Å²) >= 11 is 1.75. The molecule has 0 spiro atoms. The van der Waals surface area contributed by atoms with Gasteiger partial charge in [0.25, 0.3) is 0 Å². The monoisotopic (exact) mass is 535 g/mol. The van der Waals surface area contributed by atoms with Gasteiger partial charge in [-0.15, -0.1) is 11.3 Å². The fourth-order valence-electron chi connectivity index (χ4n) is 5.57. The van der Waals surface area contributed by atoms with Gasteiger partial charge in [-0.25, -0.2) is 13.6 Å². The Hall–Kier alpha value is -3.85. The van der Waals surface area contributed by atoms with E-state index in [9.17, 15) is 13.6 Å². The van der Waals surface area contributed by atoms with Crippen LogP contribution in [0, 0.1) is 11.6 Å². The van der Waals surface area contributed by atoms with E-state index in [2.05, 4.69) is 9.88 Å². The number of rotatable bonds is 4. The zero-order valence-electron chi connectivity index (χ0n) is 21.1. The summed E-state index contributed by atoms with van der Waals surface area (Å²) in [6.45, 7) is 0.295. The lowest BCUT2D eigenvalue weighted by atomic mass is 9.95. The summed E-state index contributed by atoms with van der Waals surface area (Å²) in [6, 6.07) is 11.3. The molecule has 0 bridgehead atoms. The van der Waals surface area contributed by atoms with Crippen molar-refractivity contribution in [2.75, 3.05) is 19.5 Å². The molecule has 6 nitrogen and oxygen atoms in total. The highest BCUT2D eigenvalue weighted by Gasteiger charge is 2.36. The number of hydrogen-bond donors (Lipinski definition) is 1. The number of fused-ring (bicyclic) bond motifs is 5. The molecule has 196 valence electrons. The lowest BCUT2D eigenvalue weighted by Crippen LogP contribution is -2.38. The summed E-state index contributed by atoms with van der Waals surface area (Å²) in [5, 5.41) is 4.04. The van der Waals surface area contributed by atoms with Crippen LogP contribution in [0.15, 0.2) is 54.7 Å². The standard InChI is InChI=1S/C29H27F2N3O3S/c1-36-20-9-10-25(37-2)23(15-20)32-29(35)34-16-22-21-6-3-4-8-26(21)38-28(22)33-11-5-7-24(33)27(34)17-12-18(30)14-19(31)13-17/h5,7,9-15,27H,3-4,6,8,16H2,1-2H3,(H,32,35). The van der Waals surface area contributed by atoms with Crippen LogP contribution in [-0.4, -0.2) is 29.7 Å². The summed E-state index contributed by atoms with van der Waals surface area (Å²) in [5.74, 6) is -0.350. The molecule has 38 heavy (non-hydrogen) atoms. The number of nitrogens with one attached hydrogen (secondary N) is 1. The molecule has 2 amide bonds. The number of aromatic nitrogens is 1. The molecule has 2 aromatic carbocycles. The zero-order valence-corrected chi connectivity index (χ0v) is 21.9. The number of methoxy groups -OCH3 is 2. The normalized spacial score (nSPS) is 16.2. The second kappa shape index (κ2) is 9.79. The fraction of sp³-hybridized carbons (Fsp3) is 0.276. The third kappa shape index (κ3) is 4.20. The first-order chi connectivity index (χ1) is 18.5. The smallest absolute Gasteiger partial charge is 0.323 e. The van der Waals surface area contributed by atoms with E-state index in [0.29, 0.717) is 29.3 Å². The highest BCUT2D eigenvalue weighted by atomic mass is 32.1. The molecule has 0 radical (unpaired) electrons. The van der Waals surface area contributed by atoms with Crippen LogP contribution in [0.2, 0.25) is 0 Å². The number of halogens is 2. The topological polar surface area (TPSA) is 55.7 Å². The number of thiophene rings is 1. The molecular weight excluding hydrogens is 508 g/mol. The maximum atomic E-state index is 14.5. The molecule has 1 atom stereocenters. The summed E-state index contributed by atoms with van der Waals surface area (Å²) in [6.07, 6.45) is 6.19. The van der Waals surface area contributed by atoms with E-state index in [1.807, 2.05) is 18.3 Å². The van der Waals surface area contributed by atoms with Gasteiger partial charge in [0.05, 0.1) is 32.1 Å². The number of nitrogens with zero attached hydrogens (tertiary/aromatic N) is 2. The molecule has 1 unspecified atom stereocenters. The van der Waals surface area contributed by atoms with Crippen molar-refractivity contribution in [1.82, 2.24) is 9.47 Å². The molecule has 2 aromatic heterocycles. The fourth-order valence-corrected chi connectivity index (χ4v) is 6.97. The zero-order chi connectivity index (χ0) is 26.4.